The van der Waals surface area contributed by atoms with Gasteiger partial charge in [0.15, 0.2) is 5.75 Å². The maximum absolute atomic E-state index is 11.9. The fourth-order valence-electron chi connectivity index (χ4n) is 1.31. The Labute approximate surface area is 129 Å². The van der Waals surface area contributed by atoms with Gasteiger partial charge in [0.25, 0.3) is 5.91 Å². The molecular weight excluding hydrogens is 299 g/mol. The highest BCUT2D eigenvalue weighted by atomic mass is 35.5. The van der Waals surface area contributed by atoms with Crippen molar-refractivity contribution in [3.8, 4) is 5.75 Å². The van der Waals surface area contributed by atoms with Crippen molar-refractivity contribution in [2.75, 3.05) is 6.61 Å². The maximum Gasteiger partial charge on any atom is 0.271 e. The highest BCUT2D eigenvalue weighted by Gasteiger charge is 2.14. The average Bonchev–Trinajstić information content (AvgIpc) is 2.34. The second-order valence-electron chi connectivity index (χ2n) is 4.97. The zero-order chi connectivity index (χ0) is 15.3. The van der Waals surface area contributed by atoms with Gasteiger partial charge in [0.2, 0.25) is 0 Å². The van der Waals surface area contributed by atoms with Crippen LogP contribution in [0.5, 0.6) is 5.75 Å². The van der Waals surface area contributed by atoms with Crippen LogP contribution in [-0.2, 0) is 0 Å². The normalized spacial score (nSPS) is 10.3. The van der Waals surface area contributed by atoms with E-state index in [0.717, 1.165) is 5.71 Å². The van der Waals surface area contributed by atoms with Crippen LogP contribution in [0.15, 0.2) is 17.2 Å². The van der Waals surface area contributed by atoms with E-state index < -0.39 is 0 Å². The molecule has 0 aliphatic carbocycles. The Bertz CT molecular complexity index is 501. The summed E-state index contributed by atoms with van der Waals surface area (Å²) in [6, 6.07) is 3.03. The van der Waals surface area contributed by atoms with Gasteiger partial charge in [-0.25, -0.2) is 5.43 Å². The van der Waals surface area contributed by atoms with Crippen molar-refractivity contribution in [2.45, 2.75) is 27.7 Å². The SMILES string of the molecule is CC(C)=NNC(=O)c1cc(Cl)c(OCC(C)C)c(Cl)c1. The first kappa shape index (κ1) is 16.8. The molecule has 0 bridgehead atoms. The number of benzene rings is 1. The summed E-state index contributed by atoms with van der Waals surface area (Å²) in [5, 5.41) is 4.45. The monoisotopic (exact) mass is 316 g/mol. The number of hydrogen-bond donors (Lipinski definition) is 1. The predicted molar refractivity (Wildman–Crippen MR) is 83.0 cm³/mol. The van der Waals surface area contributed by atoms with E-state index >= 15 is 0 Å². The summed E-state index contributed by atoms with van der Waals surface area (Å²) in [4.78, 5) is 11.9. The molecule has 1 rings (SSSR count). The first-order chi connectivity index (χ1) is 9.31. The number of amides is 1. The Morgan fingerprint density at radius 2 is 1.85 bits per heavy atom. The molecule has 0 saturated carbocycles. The van der Waals surface area contributed by atoms with Gasteiger partial charge in [-0.1, -0.05) is 37.0 Å². The van der Waals surface area contributed by atoms with Gasteiger partial charge in [-0.2, -0.15) is 5.10 Å². The molecule has 0 spiro atoms. The van der Waals surface area contributed by atoms with Crippen molar-refractivity contribution in [3.05, 3.63) is 27.7 Å². The summed E-state index contributed by atoms with van der Waals surface area (Å²) < 4.78 is 5.54. The Kier molecular flexibility index (Phi) is 6.30. The van der Waals surface area contributed by atoms with Gasteiger partial charge in [0, 0.05) is 11.3 Å². The average molecular weight is 317 g/mol. The Balaban J connectivity index is 2.92. The lowest BCUT2D eigenvalue weighted by Gasteiger charge is -2.13. The van der Waals surface area contributed by atoms with E-state index in [2.05, 4.69) is 10.5 Å². The molecule has 1 N–H and O–H groups in total. The number of hydrogen-bond acceptors (Lipinski definition) is 3. The van der Waals surface area contributed by atoms with Crippen molar-refractivity contribution in [3.63, 3.8) is 0 Å². The van der Waals surface area contributed by atoms with Crippen LogP contribution in [0.2, 0.25) is 10.0 Å². The Hall–Kier alpha value is -1.26. The largest absolute Gasteiger partial charge is 0.490 e. The molecule has 0 unspecified atom stereocenters. The van der Waals surface area contributed by atoms with Crippen molar-refractivity contribution in [1.82, 2.24) is 5.43 Å². The topological polar surface area (TPSA) is 50.7 Å². The fraction of sp³-hybridized carbons (Fsp3) is 0.429. The Morgan fingerprint density at radius 3 is 2.30 bits per heavy atom. The van der Waals surface area contributed by atoms with Crippen LogP contribution >= 0.6 is 23.2 Å². The summed E-state index contributed by atoms with van der Waals surface area (Å²) in [7, 11) is 0. The highest BCUT2D eigenvalue weighted by molar-refractivity contribution is 6.37. The fourth-order valence-corrected chi connectivity index (χ4v) is 1.90. The molecular formula is C14H18Cl2N2O2. The van der Waals surface area contributed by atoms with Gasteiger partial charge in [-0.05, 0) is 31.9 Å². The van der Waals surface area contributed by atoms with E-state index in [1.54, 1.807) is 13.8 Å². The number of halogens is 2. The molecule has 1 amide bonds. The maximum atomic E-state index is 11.9. The minimum Gasteiger partial charge on any atom is -0.490 e. The molecule has 1 aromatic rings. The number of ether oxygens (including phenoxy) is 1. The van der Waals surface area contributed by atoms with Gasteiger partial charge in [0.1, 0.15) is 0 Å². The quantitative estimate of drug-likeness (QED) is 0.655. The number of nitrogens with one attached hydrogen (secondary N) is 1. The van der Waals surface area contributed by atoms with Gasteiger partial charge in [-0.3, -0.25) is 4.79 Å². The minimum atomic E-state index is -0.370. The number of rotatable bonds is 5. The van der Waals surface area contributed by atoms with Gasteiger partial charge < -0.3 is 4.74 Å². The molecule has 0 aliphatic rings. The third-order valence-electron chi connectivity index (χ3n) is 2.20. The van der Waals surface area contributed by atoms with Gasteiger partial charge in [0.05, 0.1) is 16.7 Å². The van der Waals surface area contributed by atoms with Crippen LogP contribution < -0.4 is 10.2 Å². The number of nitrogens with zero attached hydrogens (tertiary/aromatic N) is 1. The molecule has 1 aromatic carbocycles. The van der Waals surface area contributed by atoms with E-state index in [4.69, 9.17) is 27.9 Å². The van der Waals surface area contributed by atoms with Crippen molar-refractivity contribution in [1.29, 1.82) is 0 Å². The molecule has 0 radical (unpaired) electrons. The molecule has 0 aromatic heterocycles. The van der Waals surface area contributed by atoms with Crippen LogP contribution in [0.1, 0.15) is 38.1 Å². The summed E-state index contributed by atoms with van der Waals surface area (Å²) in [5.41, 5.74) is 3.49. The predicted octanol–water partition coefficient (Wildman–Crippen LogP) is 4.15. The second-order valence-corrected chi connectivity index (χ2v) is 5.79. The van der Waals surface area contributed by atoms with E-state index in [1.165, 1.54) is 12.1 Å². The van der Waals surface area contributed by atoms with Crippen molar-refractivity contribution < 1.29 is 9.53 Å². The molecule has 0 atom stereocenters. The van der Waals surface area contributed by atoms with E-state index in [0.29, 0.717) is 33.9 Å². The summed E-state index contributed by atoms with van der Waals surface area (Å²) in [5.74, 6) is 0.381. The molecule has 0 fully saturated rings. The van der Waals surface area contributed by atoms with E-state index in [1.807, 2.05) is 13.8 Å². The first-order valence-electron chi connectivity index (χ1n) is 6.24. The highest BCUT2D eigenvalue weighted by Crippen LogP contribution is 2.34. The van der Waals surface area contributed by atoms with Gasteiger partial charge >= 0.3 is 0 Å². The zero-order valence-electron chi connectivity index (χ0n) is 12.0. The van der Waals surface area contributed by atoms with E-state index in [-0.39, 0.29) is 5.91 Å². The summed E-state index contributed by atoms with van der Waals surface area (Å²) in [6.45, 7) is 8.11. The zero-order valence-corrected chi connectivity index (χ0v) is 13.5. The summed E-state index contributed by atoms with van der Waals surface area (Å²) in [6.07, 6.45) is 0. The molecule has 4 nitrogen and oxygen atoms in total. The molecule has 110 valence electrons. The molecule has 6 heteroatoms. The Morgan fingerprint density at radius 1 is 1.30 bits per heavy atom. The third-order valence-corrected chi connectivity index (χ3v) is 2.76. The van der Waals surface area contributed by atoms with Crippen LogP contribution in [0.3, 0.4) is 0 Å². The number of hydrazone groups is 1. The minimum absolute atomic E-state index is 0.306. The van der Waals surface area contributed by atoms with Crippen molar-refractivity contribution in [2.24, 2.45) is 11.0 Å². The lowest BCUT2D eigenvalue weighted by atomic mass is 10.2. The van der Waals surface area contributed by atoms with Crippen LogP contribution in [0.4, 0.5) is 0 Å². The molecule has 0 saturated heterocycles. The molecule has 20 heavy (non-hydrogen) atoms. The number of carbonyl (C=O) groups is 1. The van der Waals surface area contributed by atoms with Crippen molar-refractivity contribution >= 4 is 34.8 Å². The lowest BCUT2D eigenvalue weighted by molar-refractivity contribution is 0.0954. The first-order valence-corrected chi connectivity index (χ1v) is 7.00. The van der Waals surface area contributed by atoms with Crippen LogP contribution in [-0.4, -0.2) is 18.2 Å². The van der Waals surface area contributed by atoms with Crippen LogP contribution in [0.25, 0.3) is 0 Å². The van der Waals surface area contributed by atoms with Crippen LogP contribution in [0, 0.1) is 5.92 Å². The standard InChI is InChI=1S/C14H18Cl2N2O2/c1-8(2)7-20-13-11(15)5-10(6-12(13)16)14(19)18-17-9(3)4/h5-6,8H,7H2,1-4H3,(H,18,19). The molecule has 0 heterocycles. The third kappa shape index (κ3) is 5.02. The van der Waals surface area contributed by atoms with E-state index in [9.17, 15) is 4.79 Å². The van der Waals surface area contributed by atoms with Gasteiger partial charge in [-0.15, -0.1) is 0 Å². The second kappa shape index (κ2) is 7.50. The number of carbonyl (C=O) groups excluding carboxylic acids is 1. The summed E-state index contributed by atoms with van der Waals surface area (Å²) >= 11 is 12.2. The smallest absolute Gasteiger partial charge is 0.271 e. The molecule has 0 aliphatic heterocycles. The lowest BCUT2D eigenvalue weighted by Crippen LogP contribution is -2.18.